The van der Waals surface area contributed by atoms with E-state index < -0.39 is 0 Å². The van der Waals surface area contributed by atoms with Crippen molar-refractivity contribution < 1.29 is 0 Å². The second kappa shape index (κ2) is 7.13. The van der Waals surface area contributed by atoms with Crippen LogP contribution in [0.2, 0.25) is 0 Å². The number of hydrogen-bond acceptors (Lipinski definition) is 0. The molecular formula is C30H30. The highest BCUT2D eigenvalue weighted by molar-refractivity contribution is 5.80. The Hall–Kier alpha value is -2.86. The van der Waals surface area contributed by atoms with E-state index in [2.05, 4.69) is 113 Å². The Morgan fingerprint density at radius 3 is 1.80 bits per heavy atom. The molecule has 0 radical (unpaired) electrons. The van der Waals surface area contributed by atoms with Crippen LogP contribution in [0.5, 0.6) is 0 Å². The van der Waals surface area contributed by atoms with Gasteiger partial charge in [0.05, 0.1) is 0 Å². The third-order valence-electron chi connectivity index (χ3n) is 6.99. The van der Waals surface area contributed by atoms with Crippen LogP contribution in [0.1, 0.15) is 62.6 Å². The summed E-state index contributed by atoms with van der Waals surface area (Å²) in [7, 11) is 0. The Balaban J connectivity index is 1.70. The lowest BCUT2D eigenvalue weighted by molar-refractivity contribution is 0.490. The summed E-state index contributed by atoms with van der Waals surface area (Å²) in [6.07, 6.45) is 3.54. The first-order valence-corrected chi connectivity index (χ1v) is 11.1. The summed E-state index contributed by atoms with van der Waals surface area (Å²) in [5, 5.41) is 0. The summed E-state index contributed by atoms with van der Waals surface area (Å²) >= 11 is 0. The predicted octanol–water partition coefficient (Wildman–Crippen LogP) is 8.28. The fourth-order valence-corrected chi connectivity index (χ4v) is 5.40. The molecule has 0 heterocycles. The van der Waals surface area contributed by atoms with Crippen LogP contribution in [0.3, 0.4) is 0 Å². The van der Waals surface area contributed by atoms with E-state index in [9.17, 15) is 0 Å². The highest BCUT2D eigenvalue weighted by Gasteiger charge is 2.39. The van der Waals surface area contributed by atoms with Gasteiger partial charge < -0.3 is 0 Å². The first kappa shape index (κ1) is 19.1. The summed E-state index contributed by atoms with van der Waals surface area (Å²) in [5.74, 6) is 0.713. The number of rotatable bonds is 3. The minimum Gasteiger partial charge on any atom is -0.0622 e. The van der Waals surface area contributed by atoms with Gasteiger partial charge in [-0.1, -0.05) is 122 Å². The van der Waals surface area contributed by atoms with Gasteiger partial charge in [-0.05, 0) is 46.6 Å². The molecule has 3 aromatic carbocycles. The van der Waals surface area contributed by atoms with Crippen LogP contribution in [-0.4, -0.2) is 0 Å². The molecule has 1 unspecified atom stereocenters. The van der Waals surface area contributed by atoms with Gasteiger partial charge in [0.1, 0.15) is 0 Å². The number of benzene rings is 3. The van der Waals surface area contributed by atoms with Gasteiger partial charge in [0.2, 0.25) is 0 Å². The molecule has 150 valence electrons. The van der Waals surface area contributed by atoms with Gasteiger partial charge in [-0.3, -0.25) is 0 Å². The molecule has 0 spiro atoms. The lowest BCUT2D eigenvalue weighted by Gasteiger charge is -2.30. The molecule has 0 aromatic heterocycles. The molecule has 0 amide bonds. The van der Waals surface area contributed by atoms with Crippen molar-refractivity contribution in [2.45, 2.75) is 46.0 Å². The summed E-state index contributed by atoms with van der Waals surface area (Å²) < 4.78 is 0. The lowest BCUT2D eigenvalue weighted by Crippen LogP contribution is -2.15. The van der Waals surface area contributed by atoms with E-state index in [0.717, 1.165) is 6.42 Å². The largest absolute Gasteiger partial charge is 0.0622 e. The molecule has 2 aliphatic rings. The van der Waals surface area contributed by atoms with Gasteiger partial charge >= 0.3 is 0 Å². The monoisotopic (exact) mass is 390 g/mol. The van der Waals surface area contributed by atoms with Crippen LogP contribution >= 0.6 is 0 Å². The minimum absolute atomic E-state index is 0.204. The summed E-state index contributed by atoms with van der Waals surface area (Å²) in [6, 6.07) is 29.2. The molecule has 1 atom stereocenters. The van der Waals surface area contributed by atoms with Crippen molar-refractivity contribution in [3.63, 3.8) is 0 Å². The molecule has 0 bridgehead atoms. The van der Waals surface area contributed by atoms with Crippen molar-refractivity contribution in [3.05, 3.63) is 118 Å². The first-order chi connectivity index (χ1) is 14.4. The second-order valence-corrected chi connectivity index (χ2v) is 9.85. The standard InChI is InChI=1S/C30H30/c1-20-18-22(30(2,3)4)19-27(20)28(21-12-6-5-7-13-21)29-25-16-10-8-14-23(25)24-15-9-11-17-26(24)29/h5-18,28-29H,19H2,1-4H3. The Morgan fingerprint density at radius 1 is 0.733 bits per heavy atom. The zero-order chi connectivity index (χ0) is 20.9. The maximum atomic E-state index is 2.46. The van der Waals surface area contributed by atoms with Crippen molar-refractivity contribution in [3.8, 4) is 11.1 Å². The van der Waals surface area contributed by atoms with E-state index in [0.29, 0.717) is 11.8 Å². The number of fused-ring (bicyclic) bond motifs is 3. The maximum absolute atomic E-state index is 2.46. The normalized spacial score (nSPS) is 17.0. The van der Waals surface area contributed by atoms with Gasteiger partial charge in [-0.15, -0.1) is 0 Å². The summed E-state index contributed by atoms with van der Waals surface area (Å²) in [4.78, 5) is 0. The van der Waals surface area contributed by atoms with Crippen molar-refractivity contribution >= 4 is 0 Å². The van der Waals surface area contributed by atoms with Crippen LogP contribution in [0.4, 0.5) is 0 Å². The summed E-state index contributed by atoms with van der Waals surface area (Å²) in [6.45, 7) is 9.34. The second-order valence-electron chi connectivity index (χ2n) is 9.85. The molecule has 5 rings (SSSR count). The van der Waals surface area contributed by atoms with Crippen molar-refractivity contribution in [2.75, 3.05) is 0 Å². The van der Waals surface area contributed by atoms with Crippen molar-refractivity contribution in [1.29, 1.82) is 0 Å². The average molecular weight is 391 g/mol. The zero-order valence-electron chi connectivity index (χ0n) is 18.4. The van der Waals surface area contributed by atoms with Gasteiger partial charge in [0.15, 0.2) is 0 Å². The Morgan fingerprint density at radius 2 is 1.27 bits per heavy atom. The number of allylic oxidation sites excluding steroid dienone is 4. The molecule has 0 saturated heterocycles. The summed E-state index contributed by atoms with van der Waals surface area (Å²) in [5.41, 5.74) is 12.0. The molecule has 3 aromatic rings. The Bertz CT molecular complexity index is 1110. The topological polar surface area (TPSA) is 0 Å². The van der Waals surface area contributed by atoms with Crippen LogP contribution in [0.25, 0.3) is 11.1 Å². The SMILES string of the molecule is CC1=C(C(c2ccccc2)C2c3ccccc3-c3ccccc32)CC(C(C)(C)C)=C1. The third kappa shape index (κ3) is 3.06. The zero-order valence-corrected chi connectivity index (χ0v) is 18.4. The van der Waals surface area contributed by atoms with Gasteiger partial charge in [0, 0.05) is 11.8 Å². The predicted molar refractivity (Wildman–Crippen MR) is 128 cm³/mol. The van der Waals surface area contributed by atoms with Gasteiger partial charge in [-0.25, -0.2) is 0 Å². The molecule has 0 nitrogen and oxygen atoms in total. The molecular weight excluding hydrogens is 360 g/mol. The molecule has 0 heteroatoms. The van der Waals surface area contributed by atoms with E-state index in [1.165, 1.54) is 33.4 Å². The highest BCUT2D eigenvalue weighted by atomic mass is 14.4. The maximum Gasteiger partial charge on any atom is 0.0208 e. The third-order valence-corrected chi connectivity index (χ3v) is 6.99. The van der Waals surface area contributed by atoms with Crippen LogP contribution in [-0.2, 0) is 0 Å². The smallest absolute Gasteiger partial charge is 0.0208 e. The quantitative estimate of drug-likeness (QED) is 0.422. The van der Waals surface area contributed by atoms with E-state index in [1.54, 1.807) is 11.1 Å². The number of hydrogen-bond donors (Lipinski definition) is 0. The molecule has 0 N–H and O–H groups in total. The Labute approximate surface area is 181 Å². The fraction of sp³-hybridized carbons (Fsp3) is 0.267. The molecule has 2 aliphatic carbocycles. The van der Waals surface area contributed by atoms with Crippen LogP contribution in [0, 0.1) is 5.41 Å². The van der Waals surface area contributed by atoms with Gasteiger partial charge in [-0.2, -0.15) is 0 Å². The van der Waals surface area contributed by atoms with Crippen LogP contribution in [0.15, 0.2) is 102 Å². The highest BCUT2D eigenvalue weighted by Crippen LogP contribution is 2.55. The van der Waals surface area contributed by atoms with E-state index >= 15 is 0 Å². The molecule has 0 aliphatic heterocycles. The van der Waals surface area contributed by atoms with Gasteiger partial charge in [0.25, 0.3) is 0 Å². The fourth-order valence-electron chi connectivity index (χ4n) is 5.40. The van der Waals surface area contributed by atoms with E-state index in [-0.39, 0.29) is 5.41 Å². The average Bonchev–Trinajstić information content (AvgIpc) is 3.29. The minimum atomic E-state index is 0.204. The Kier molecular flexibility index (Phi) is 4.54. The molecule has 0 fully saturated rings. The van der Waals surface area contributed by atoms with Crippen molar-refractivity contribution in [1.82, 2.24) is 0 Å². The lowest BCUT2D eigenvalue weighted by atomic mass is 9.73. The molecule has 30 heavy (non-hydrogen) atoms. The molecule has 0 saturated carbocycles. The van der Waals surface area contributed by atoms with E-state index in [4.69, 9.17) is 0 Å². The van der Waals surface area contributed by atoms with Crippen LogP contribution < -0.4 is 0 Å². The van der Waals surface area contributed by atoms with Crippen molar-refractivity contribution in [2.24, 2.45) is 5.41 Å². The first-order valence-electron chi connectivity index (χ1n) is 11.1. The van der Waals surface area contributed by atoms with E-state index in [1.807, 2.05) is 0 Å².